The van der Waals surface area contributed by atoms with E-state index in [2.05, 4.69) is 0 Å². The molecule has 1 N–H and O–H groups in total. The molecule has 0 aliphatic carbocycles. The number of rotatable bonds is 3. The minimum atomic E-state index is -0.451. The Morgan fingerprint density at radius 2 is 2.06 bits per heavy atom. The van der Waals surface area contributed by atoms with E-state index in [1.807, 2.05) is 6.07 Å². The van der Waals surface area contributed by atoms with E-state index < -0.39 is 6.10 Å². The molecule has 1 aromatic carbocycles. The number of hydrogen-bond donors (Lipinski definition) is 1. The van der Waals surface area contributed by atoms with Gasteiger partial charge in [0.25, 0.3) is 0 Å². The van der Waals surface area contributed by atoms with Crippen molar-refractivity contribution in [3.63, 3.8) is 0 Å². The van der Waals surface area contributed by atoms with Crippen LogP contribution in [0.3, 0.4) is 0 Å². The molecular weight excluding hydrogens is 220 g/mol. The van der Waals surface area contributed by atoms with Gasteiger partial charge in [0.15, 0.2) is 17.8 Å². The summed E-state index contributed by atoms with van der Waals surface area (Å²) >= 11 is 0. The summed E-state index contributed by atoms with van der Waals surface area (Å²) in [6, 6.07) is 3.52. The lowest BCUT2D eigenvalue weighted by atomic mass is 10.0. The monoisotopic (exact) mass is 236 g/mol. The van der Waals surface area contributed by atoms with Gasteiger partial charge in [-0.25, -0.2) is 0 Å². The fourth-order valence-corrected chi connectivity index (χ4v) is 1.90. The van der Waals surface area contributed by atoms with Crippen LogP contribution in [0.2, 0.25) is 0 Å². The second kappa shape index (κ2) is 5.19. The number of hydrogen-bond acceptors (Lipinski definition) is 4. The van der Waals surface area contributed by atoms with E-state index in [-0.39, 0.29) is 0 Å². The number of ether oxygens (including phenoxy) is 2. The van der Waals surface area contributed by atoms with Crippen LogP contribution in [0.4, 0.5) is 0 Å². The maximum Gasteiger partial charge on any atom is 0.171 e. The highest BCUT2D eigenvalue weighted by atomic mass is 16.5. The normalized spacial score (nSPS) is 16.1. The van der Waals surface area contributed by atoms with Crippen molar-refractivity contribution in [2.45, 2.75) is 25.9 Å². The van der Waals surface area contributed by atoms with Crippen LogP contribution in [-0.2, 0) is 6.42 Å². The molecule has 1 atom stereocenters. The Morgan fingerprint density at radius 1 is 1.35 bits per heavy atom. The van der Waals surface area contributed by atoms with Crippen molar-refractivity contribution in [3.05, 3.63) is 23.3 Å². The van der Waals surface area contributed by atoms with Crippen LogP contribution in [0.25, 0.3) is 0 Å². The Morgan fingerprint density at radius 3 is 2.71 bits per heavy atom. The summed E-state index contributed by atoms with van der Waals surface area (Å²) in [5, 5.41) is 9.44. The maximum absolute atomic E-state index is 10.9. The molecule has 4 heteroatoms. The van der Waals surface area contributed by atoms with Gasteiger partial charge in [-0.2, -0.15) is 0 Å². The molecule has 1 heterocycles. The van der Waals surface area contributed by atoms with E-state index in [0.717, 1.165) is 18.3 Å². The molecule has 0 amide bonds. The van der Waals surface area contributed by atoms with Gasteiger partial charge in [0.2, 0.25) is 0 Å². The van der Waals surface area contributed by atoms with Crippen LogP contribution >= 0.6 is 0 Å². The highest BCUT2D eigenvalue weighted by Crippen LogP contribution is 2.36. The lowest BCUT2D eigenvalue weighted by Crippen LogP contribution is -2.07. The fraction of sp³-hybridized carbons (Fsp3) is 0.462. The van der Waals surface area contributed by atoms with E-state index in [9.17, 15) is 9.90 Å². The van der Waals surface area contributed by atoms with Gasteiger partial charge in [-0.1, -0.05) is 6.07 Å². The fourth-order valence-electron chi connectivity index (χ4n) is 1.90. The van der Waals surface area contributed by atoms with Crippen LogP contribution in [0.15, 0.2) is 12.1 Å². The zero-order chi connectivity index (χ0) is 12.3. The molecule has 4 nitrogen and oxygen atoms in total. The van der Waals surface area contributed by atoms with Crippen molar-refractivity contribution in [1.29, 1.82) is 0 Å². The van der Waals surface area contributed by atoms with Gasteiger partial charge < -0.3 is 14.6 Å². The standard InChI is InChI=1S/C13H16O4/c1-9(15)7-10-3-4-11(8-14)13-12(10)16-5-2-6-17-13/h3-4,8-9,15H,2,5-7H2,1H3. The van der Waals surface area contributed by atoms with Crippen molar-refractivity contribution in [2.24, 2.45) is 0 Å². The molecule has 1 aromatic rings. The van der Waals surface area contributed by atoms with Gasteiger partial charge in [-0.05, 0) is 13.0 Å². The van der Waals surface area contributed by atoms with Crippen LogP contribution in [0.1, 0.15) is 29.3 Å². The molecule has 0 bridgehead atoms. The van der Waals surface area contributed by atoms with E-state index in [1.54, 1.807) is 13.0 Å². The zero-order valence-electron chi connectivity index (χ0n) is 9.81. The molecule has 1 aliphatic heterocycles. The SMILES string of the molecule is CC(O)Cc1ccc(C=O)c2c1OCCCO2. The lowest BCUT2D eigenvalue weighted by Gasteiger charge is -2.15. The molecule has 0 saturated carbocycles. The quantitative estimate of drug-likeness (QED) is 0.810. The van der Waals surface area contributed by atoms with E-state index in [0.29, 0.717) is 36.7 Å². The van der Waals surface area contributed by atoms with Gasteiger partial charge in [0.05, 0.1) is 24.9 Å². The summed E-state index contributed by atoms with van der Waals surface area (Å²) in [6.45, 7) is 2.84. The molecule has 1 aliphatic rings. The first-order valence-corrected chi connectivity index (χ1v) is 5.77. The van der Waals surface area contributed by atoms with Gasteiger partial charge in [-0.15, -0.1) is 0 Å². The van der Waals surface area contributed by atoms with Gasteiger partial charge in [-0.3, -0.25) is 4.79 Å². The van der Waals surface area contributed by atoms with Crippen molar-refractivity contribution >= 4 is 6.29 Å². The topological polar surface area (TPSA) is 55.8 Å². The maximum atomic E-state index is 10.9. The first kappa shape index (κ1) is 11.9. The summed E-state index contributed by atoms with van der Waals surface area (Å²) in [5.41, 5.74) is 1.37. The Kier molecular flexibility index (Phi) is 3.64. The number of benzene rings is 1. The predicted molar refractivity (Wildman–Crippen MR) is 62.8 cm³/mol. The van der Waals surface area contributed by atoms with Crippen LogP contribution in [0, 0.1) is 0 Å². The highest BCUT2D eigenvalue weighted by Gasteiger charge is 2.19. The highest BCUT2D eigenvalue weighted by molar-refractivity contribution is 5.82. The first-order valence-electron chi connectivity index (χ1n) is 5.77. The first-order chi connectivity index (χ1) is 8.22. The Bertz CT molecular complexity index is 412. The molecule has 0 aromatic heterocycles. The summed E-state index contributed by atoms with van der Waals surface area (Å²) in [4.78, 5) is 10.9. The average molecular weight is 236 g/mol. The summed E-state index contributed by atoms with van der Waals surface area (Å²) < 4.78 is 11.2. The third-order valence-electron chi connectivity index (χ3n) is 2.65. The van der Waals surface area contributed by atoms with Crippen LogP contribution in [-0.4, -0.2) is 30.7 Å². The second-order valence-electron chi connectivity index (χ2n) is 4.19. The van der Waals surface area contributed by atoms with Gasteiger partial charge >= 0.3 is 0 Å². The Balaban J connectivity index is 2.44. The second-order valence-corrected chi connectivity index (χ2v) is 4.19. The van der Waals surface area contributed by atoms with Crippen molar-refractivity contribution in [2.75, 3.05) is 13.2 Å². The van der Waals surface area contributed by atoms with Crippen molar-refractivity contribution in [1.82, 2.24) is 0 Å². The third kappa shape index (κ3) is 2.58. The summed E-state index contributed by atoms with van der Waals surface area (Å²) in [5.74, 6) is 1.11. The summed E-state index contributed by atoms with van der Waals surface area (Å²) in [7, 11) is 0. The number of fused-ring (bicyclic) bond motifs is 1. The molecule has 0 radical (unpaired) electrons. The molecule has 92 valence electrons. The molecular formula is C13H16O4. The van der Waals surface area contributed by atoms with Crippen molar-refractivity contribution in [3.8, 4) is 11.5 Å². The number of carbonyl (C=O) groups excluding carboxylic acids is 1. The van der Waals surface area contributed by atoms with Gasteiger partial charge in [0, 0.05) is 18.4 Å². The van der Waals surface area contributed by atoms with Crippen LogP contribution < -0.4 is 9.47 Å². The molecule has 2 rings (SSSR count). The Labute approximate surface area is 100 Å². The van der Waals surface area contributed by atoms with E-state index in [1.165, 1.54) is 0 Å². The van der Waals surface area contributed by atoms with Crippen molar-refractivity contribution < 1.29 is 19.4 Å². The minimum absolute atomic E-state index is 0.451. The number of aldehydes is 1. The largest absolute Gasteiger partial charge is 0.489 e. The van der Waals surface area contributed by atoms with E-state index >= 15 is 0 Å². The van der Waals surface area contributed by atoms with E-state index in [4.69, 9.17) is 9.47 Å². The number of aliphatic hydroxyl groups is 1. The average Bonchev–Trinajstić information content (AvgIpc) is 2.54. The number of aliphatic hydroxyl groups excluding tert-OH is 1. The van der Waals surface area contributed by atoms with Gasteiger partial charge in [0.1, 0.15) is 0 Å². The number of carbonyl (C=O) groups is 1. The molecule has 1 unspecified atom stereocenters. The molecule has 0 fully saturated rings. The lowest BCUT2D eigenvalue weighted by molar-refractivity contribution is 0.111. The molecule has 0 saturated heterocycles. The predicted octanol–water partition coefficient (Wildman–Crippen LogP) is 1.58. The van der Waals surface area contributed by atoms with Crippen LogP contribution in [0.5, 0.6) is 11.5 Å². The minimum Gasteiger partial charge on any atom is -0.489 e. The summed E-state index contributed by atoms with van der Waals surface area (Å²) in [6.07, 6.45) is 1.60. The Hall–Kier alpha value is -1.55. The molecule has 0 spiro atoms. The third-order valence-corrected chi connectivity index (χ3v) is 2.65. The smallest absolute Gasteiger partial charge is 0.171 e. The molecule has 17 heavy (non-hydrogen) atoms. The zero-order valence-corrected chi connectivity index (χ0v) is 9.81.